The zero-order valence-corrected chi connectivity index (χ0v) is 15.7. The van der Waals surface area contributed by atoms with Crippen LogP contribution < -0.4 is 5.32 Å². The van der Waals surface area contributed by atoms with Crippen molar-refractivity contribution >= 4 is 40.1 Å². The molecule has 0 bridgehead atoms. The molecule has 0 unspecified atom stereocenters. The molecule has 1 saturated heterocycles. The molecule has 1 aliphatic heterocycles. The Kier molecular flexibility index (Phi) is 5.92. The molecule has 2 N–H and O–H groups in total. The number of likely N-dealkylation sites (tertiary alicyclic amines) is 1. The summed E-state index contributed by atoms with van der Waals surface area (Å²) in [5.41, 5.74) is 1.69. The monoisotopic (exact) mass is 389 g/mol. The zero-order valence-electron chi connectivity index (χ0n) is 14.9. The number of allylic oxidation sites excluding steroid dienone is 2. The molecular formula is C18H20FN5O2S. The van der Waals surface area contributed by atoms with Crippen molar-refractivity contribution in [2.75, 3.05) is 25.0 Å². The average Bonchev–Trinajstić information content (AvgIpc) is 3.27. The molecule has 0 aromatic carbocycles. The third-order valence-electron chi connectivity index (χ3n) is 4.08. The van der Waals surface area contributed by atoms with Crippen LogP contribution in [0.15, 0.2) is 40.1 Å². The number of rotatable bonds is 6. The molecule has 142 valence electrons. The largest absolute Gasteiger partial charge is 0.391 e. The molecule has 9 heteroatoms. The number of aliphatic hydroxyl groups is 1. The number of anilines is 1. The maximum absolute atomic E-state index is 13.4. The molecule has 27 heavy (non-hydrogen) atoms. The summed E-state index contributed by atoms with van der Waals surface area (Å²) in [6.07, 6.45) is 2.44. The molecule has 2 aromatic rings. The number of halogens is 1. The first kappa shape index (κ1) is 19.1. The molecule has 1 amide bonds. The molecule has 0 radical (unpaired) electrons. The third kappa shape index (κ3) is 4.55. The quantitative estimate of drug-likeness (QED) is 0.586. The van der Waals surface area contributed by atoms with E-state index in [1.165, 1.54) is 17.4 Å². The van der Waals surface area contributed by atoms with Crippen LogP contribution in [0.3, 0.4) is 0 Å². The predicted molar refractivity (Wildman–Crippen MR) is 105 cm³/mol. The van der Waals surface area contributed by atoms with Crippen LogP contribution in [0.1, 0.15) is 23.8 Å². The number of nitrogens with one attached hydrogen (secondary N) is 1. The highest BCUT2D eigenvalue weighted by molar-refractivity contribution is 7.17. The SMILES string of the molecule is C=N/C=C(F)\C=C(/C)CNc1nc(C(=O)N2CC[C@H](O)C2)c2sccc2n1. The van der Waals surface area contributed by atoms with Gasteiger partial charge in [-0.3, -0.25) is 9.79 Å². The number of hydrogen-bond acceptors (Lipinski definition) is 7. The summed E-state index contributed by atoms with van der Waals surface area (Å²) in [5.74, 6) is -0.423. The van der Waals surface area contributed by atoms with E-state index in [0.29, 0.717) is 53.5 Å². The molecule has 7 nitrogen and oxygen atoms in total. The maximum Gasteiger partial charge on any atom is 0.274 e. The second-order valence-electron chi connectivity index (χ2n) is 6.27. The number of thiophene rings is 1. The van der Waals surface area contributed by atoms with Crippen LogP contribution in [0.2, 0.25) is 0 Å². The van der Waals surface area contributed by atoms with Crippen molar-refractivity contribution in [3.8, 4) is 0 Å². The lowest BCUT2D eigenvalue weighted by atomic mass is 10.2. The van der Waals surface area contributed by atoms with Gasteiger partial charge in [-0.25, -0.2) is 14.4 Å². The third-order valence-corrected chi connectivity index (χ3v) is 4.99. The smallest absolute Gasteiger partial charge is 0.274 e. The van der Waals surface area contributed by atoms with Crippen molar-refractivity contribution < 1.29 is 14.3 Å². The minimum atomic E-state index is -0.498. The van der Waals surface area contributed by atoms with E-state index < -0.39 is 11.9 Å². The first-order valence-corrected chi connectivity index (χ1v) is 9.31. The fourth-order valence-electron chi connectivity index (χ4n) is 2.79. The van der Waals surface area contributed by atoms with Gasteiger partial charge < -0.3 is 15.3 Å². The molecule has 0 saturated carbocycles. The van der Waals surface area contributed by atoms with Crippen molar-refractivity contribution in [2.24, 2.45) is 4.99 Å². The van der Waals surface area contributed by atoms with Crippen LogP contribution in [0.25, 0.3) is 10.2 Å². The molecule has 3 heterocycles. The Labute approximate surface area is 160 Å². The number of nitrogens with zero attached hydrogens (tertiary/aromatic N) is 4. The topological polar surface area (TPSA) is 90.7 Å². The lowest BCUT2D eigenvalue weighted by Gasteiger charge is -2.16. The van der Waals surface area contributed by atoms with E-state index in [2.05, 4.69) is 27.0 Å². The zero-order chi connectivity index (χ0) is 19.4. The Morgan fingerprint density at radius 1 is 1.59 bits per heavy atom. The Bertz CT molecular complexity index is 924. The normalized spacial score (nSPS) is 18.2. The van der Waals surface area contributed by atoms with E-state index in [4.69, 9.17) is 0 Å². The standard InChI is InChI=1S/C18H20FN5O2S/c1-11(7-12(19)9-20-2)8-21-18-22-14-4-6-27-16(14)15(23-18)17(26)24-5-3-13(25)10-24/h4,6-7,9,13,25H,2-3,5,8,10H2,1H3,(H,21,22,23)/b11-7+,12-9+/t13-/m0/s1. The van der Waals surface area contributed by atoms with E-state index in [1.54, 1.807) is 11.8 Å². The van der Waals surface area contributed by atoms with Crippen LogP contribution in [-0.4, -0.2) is 58.3 Å². The van der Waals surface area contributed by atoms with E-state index in [9.17, 15) is 14.3 Å². The van der Waals surface area contributed by atoms with E-state index in [-0.39, 0.29) is 5.91 Å². The summed E-state index contributed by atoms with van der Waals surface area (Å²) in [7, 11) is 0. The van der Waals surface area contributed by atoms with Crippen molar-refractivity contribution in [1.82, 2.24) is 14.9 Å². The molecular weight excluding hydrogens is 369 g/mol. The van der Waals surface area contributed by atoms with Crippen LogP contribution >= 0.6 is 11.3 Å². The van der Waals surface area contributed by atoms with Crippen molar-refractivity contribution in [3.05, 3.63) is 40.8 Å². The Hall–Kier alpha value is -2.65. The van der Waals surface area contributed by atoms with Crippen LogP contribution in [0.5, 0.6) is 0 Å². The van der Waals surface area contributed by atoms with E-state index in [1.807, 2.05) is 11.4 Å². The van der Waals surface area contributed by atoms with Crippen molar-refractivity contribution in [3.63, 3.8) is 0 Å². The number of carbonyl (C=O) groups excluding carboxylic acids is 1. The molecule has 1 fully saturated rings. The fourth-order valence-corrected chi connectivity index (χ4v) is 3.60. The van der Waals surface area contributed by atoms with Gasteiger partial charge in [0.25, 0.3) is 5.91 Å². The molecule has 2 aromatic heterocycles. The number of hydrogen-bond donors (Lipinski definition) is 2. The number of fused-ring (bicyclic) bond motifs is 1. The summed E-state index contributed by atoms with van der Waals surface area (Å²) >= 11 is 1.40. The predicted octanol–water partition coefficient (Wildman–Crippen LogP) is 2.77. The number of aliphatic imine (C=N–C) groups is 1. The Balaban J connectivity index is 1.82. The van der Waals surface area contributed by atoms with Gasteiger partial charge in [0, 0.05) is 19.6 Å². The van der Waals surface area contributed by atoms with Crippen LogP contribution in [0.4, 0.5) is 10.3 Å². The van der Waals surface area contributed by atoms with Crippen LogP contribution in [-0.2, 0) is 0 Å². The minimum absolute atomic E-state index is 0.220. The summed E-state index contributed by atoms with van der Waals surface area (Å²) in [6, 6.07) is 1.82. The maximum atomic E-state index is 13.4. The first-order valence-electron chi connectivity index (χ1n) is 8.43. The number of aliphatic hydroxyl groups excluding tert-OH is 1. The number of aromatic nitrogens is 2. The van der Waals surface area contributed by atoms with Crippen molar-refractivity contribution in [1.29, 1.82) is 0 Å². The highest BCUT2D eigenvalue weighted by Gasteiger charge is 2.28. The van der Waals surface area contributed by atoms with E-state index in [0.717, 1.165) is 6.20 Å². The van der Waals surface area contributed by atoms with Gasteiger partial charge in [-0.15, -0.1) is 11.3 Å². The number of carbonyl (C=O) groups is 1. The Morgan fingerprint density at radius 2 is 2.41 bits per heavy atom. The van der Waals surface area contributed by atoms with Gasteiger partial charge in [-0.2, -0.15) is 0 Å². The minimum Gasteiger partial charge on any atom is -0.391 e. The summed E-state index contributed by atoms with van der Waals surface area (Å²) in [5, 5.41) is 14.6. The lowest BCUT2D eigenvalue weighted by molar-refractivity contribution is 0.0761. The molecule has 0 aliphatic carbocycles. The summed E-state index contributed by atoms with van der Waals surface area (Å²) in [6.45, 7) is 6.08. The number of β-amino-alcohol motifs (C(OH)–C–C–N with tert-alkyl or cyclic N) is 1. The van der Waals surface area contributed by atoms with E-state index >= 15 is 0 Å². The average molecular weight is 389 g/mol. The van der Waals surface area contributed by atoms with Gasteiger partial charge in [0.1, 0.15) is 5.83 Å². The van der Waals surface area contributed by atoms with Gasteiger partial charge in [-0.1, -0.05) is 5.57 Å². The lowest BCUT2D eigenvalue weighted by Crippen LogP contribution is -2.30. The molecule has 0 spiro atoms. The highest BCUT2D eigenvalue weighted by atomic mass is 32.1. The second-order valence-corrected chi connectivity index (χ2v) is 7.18. The second kappa shape index (κ2) is 8.36. The summed E-state index contributed by atoms with van der Waals surface area (Å²) in [4.78, 5) is 26.6. The van der Waals surface area contributed by atoms with Crippen LogP contribution in [0, 0.1) is 0 Å². The summed E-state index contributed by atoms with van der Waals surface area (Å²) < 4.78 is 14.2. The molecule has 1 atom stereocenters. The van der Waals surface area contributed by atoms with Gasteiger partial charge in [0.05, 0.1) is 22.5 Å². The fraction of sp³-hybridized carbons (Fsp3) is 0.333. The number of amides is 1. The van der Waals surface area contributed by atoms with Crippen molar-refractivity contribution in [2.45, 2.75) is 19.4 Å². The molecule has 3 rings (SSSR count). The highest BCUT2D eigenvalue weighted by Crippen LogP contribution is 2.26. The van der Waals surface area contributed by atoms with Gasteiger partial charge >= 0.3 is 0 Å². The van der Waals surface area contributed by atoms with Gasteiger partial charge in [0.2, 0.25) is 5.95 Å². The van der Waals surface area contributed by atoms with Gasteiger partial charge in [0.15, 0.2) is 5.69 Å². The first-order chi connectivity index (χ1) is 13.0. The molecule has 1 aliphatic rings. The Morgan fingerprint density at radius 3 is 3.11 bits per heavy atom. The van der Waals surface area contributed by atoms with Gasteiger partial charge in [-0.05, 0) is 37.6 Å².